The number of carbonyl (C=O) groups excluding carboxylic acids is 1. The van der Waals surface area contributed by atoms with Gasteiger partial charge in [0.2, 0.25) is 5.91 Å². The molecule has 0 radical (unpaired) electrons. The lowest BCUT2D eigenvalue weighted by atomic mass is 9.90. The van der Waals surface area contributed by atoms with Crippen molar-refractivity contribution in [1.29, 1.82) is 0 Å². The van der Waals surface area contributed by atoms with Crippen molar-refractivity contribution in [3.05, 3.63) is 29.8 Å². The second kappa shape index (κ2) is 8.42. The van der Waals surface area contributed by atoms with E-state index in [1.165, 1.54) is 12.1 Å². The molecule has 3 N–H and O–H groups in total. The minimum Gasteiger partial charge on any atom is -0.435 e. The van der Waals surface area contributed by atoms with Crippen LogP contribution < -0.4 is 15.8 Å². The average molecular weight is 351 g/mol. The Morgan fingerprint density at radius 3 is 2.65 bits per heavy atom. The first kappa shape index (κ1) is 19.6. The van der Waals surface area contributed by atoms with Crippen LogP contribution in [0.4, 0.5) is 8.78 Å². The average Bonchev–Trinajstić information content (AvgIpc) is 2.47. The smallest absolute Gasteiger partial charge is 0.387 e. The van der Waals surface area contributed by atoms with E-state index in [0.29, 0.717) is 31.6 Å². The van der Waals surface area contributed by atoms with Crippen LogP contribution in [0.2, 0.25) is 0 Å². The van der Waals surface area contributed by atoms with E-state index in [-0.39, 0.29) is 30.1 Å². The first-order valence-electron chi connectivity index (χ1n) is 7.13. The fourth-order valence-electron chi connectivity index (χ4n) is 2.35. The number of hydrogen-bond donors (Lipinski definition) is 2. The van der Waals surface area contributed by atoms with Crippen LogP contribution >= 0.6 is 12.4 Å². The summed E-state index contributed by atoms with van der Waals surface area (Å²) in [4.78, 5) is 12.3. The molecular weight excluding hydrogens is 330 g/mol. The molecule has 0 aromatic heterocycles. The zero-order valence-corrected chi connectivity index (χ0v) is 13.6. The number of amides is 1. The molecule has 130 valence electrons. The van der Waals surface area contributed by atoms with Gasteiger partial charge in [0.15, 0.2) is 0 Å². The zero-order valence-electron chi connectivity index (χ0n) is 12.8. The molecule has 23 heavy (non-hydrogen) atoms. The van der Waals surface area contributed by atoms with Crippen LogP contribution in [0, 0.1) is 0 Å². The van der Waals surface area contributed by atoms with Gasteiger partial charge in [0.05, 0.1) is 11.6 Å². The van der Waals surface area contributed by atoms with Crippen molar-refractivity contribution in [3.63, 3.8) is 0 Å². The highest BCUT2D eigenvalue weighted by atomic mass is 35.5. The Morgan fingerprint density at radius 2 is 2.04 bits per heavy atom. The van der Waals surface area contributed by atoms with E-state index in [2.05, 4.69) is 10.1 Å². The van der Waals surface area contributed by atoms with Gasteiger partial charge in [0.25, 0.3) is 0 Å². The molecule has 1 atom stereocenters. The topological polar surface area (TPSA) is 73.6 Å². The summed E-state index contributed by atoms with van der Waals surface area (Å²) >= 11 is 0. The summed E-state index contributed by atoms with van der Waals surface area (Å²) in [6.07, 6.45) is 0.917. The maximum Gasteiger partial charge on any atom is 0.387 e. The molecule has 0 saturated carbocycles. The van der Waals surface area contributed by atoms with Crippen LogP contribution in [0.1, 0.15) is 31.4 Å². The van der Waals surface area contributed by atoms with Gasteiger partial charge in [-0.25, -0.2) is 0 Å². The SMILES string of the molecule is CC(NC(=O)C1(N)CCOCC1)c1cccc(OC(F)F)c1.Cl. The summed E-state index contributed by atoms with van der Waals surface area (Å²) < 4.78 is 34.0. The zero-order chi connectivity index (χ0) is 16.2. The van der Waals surface area contributed by atoms with Crippen LogP contribution in [-0.4, -0.2) is 31.3 Å². The van der Waals surface area contributed by atoms with Gasteiger partial charge in [-0.3, -0.25) is 4.79 Å². The van der Waals surface area contributed by atoms with E-state index in [1.54, 1.807) is 19.1 Å². The predicted octanol–water partition coefficient (Wildman–Crippen LogP) is 2.39. The molecule has 5 nitrogen and oxygen atoms in total. The summed E-state index contributed by atoms with van der Waals surface area (Å²) in [6, 6.07) is 5.88. The lowest BCUT2D eigenvalue weighted by Gasteiger charge is -2.33. The van der Waals surface area contributed by atoms with Crippen LogP contribution in [0.5, 0.6) is 5.75 Å². The number of ether oxygens (including phenoxy) is 2. The molecule has 1 heterocycles. The van der Waals surface area contributed by atoms with E-state index in [1.807, 2.05) is 0 Å². The number of carbonyl (C=O) groups is 1. The van der Waals surface area contributed by atoms with Gasteiger partial charge in [-0.15, -0.1) is 12.4 Å². The molecule has 8 heteroatoms. The maximum atomic E-state index is 12.3. The molecule has 1 saturated heterocycles. The summed E-state index contributed by atoms with van der Waals surface area (Å²) in [7, 11) is 0. The second-order valence-corrected chi connectivity index (χ2v) is 5.41. The molecule has 1 aromatic carbocycles. The Hall–Kier alpha value is -1.44. The summed E-state index contributed by atoms with van der Waals surface area (Å²) in [5, 5.41) is 2.82. The number of hydrogen-bond acceptors (Lipinski definition) is 4. The second-order valence-electron chi connectivity index (χ2n) is 5.41. The van der Waals surface area contributed by atoms with Crippen LogP contribution in [0.25, 0.3) is 0 Å². The van der Waals surface area contributed by atoms with Crippen molar-refractivity contribution >= 4 is 18.3 Å². The molecule has 0 aliphatic carbocycles. The molecule has 0 bridgehead atoms. The van der Waals surface area contributed by atoms with E-state index in [9.17, 15) is 13.6 Å². The van der Waals surface area contributed by atoms with Crippen LogP contribution in [0.3, 0.4) is 0 Å². The highest BCUT2D eigenvalue weighted by Gasteiger charge is 2.36. The van der Waals surface area contributed by atoms with Gasteiger partial charge in [0.1, 0.15) is 5.75 Å². The van der Waals surface area contributed by atoms with Crippen molar-refractivity contribution in [2.75, 3.05) is 13.2 Å². The summed E-state index contributed by atoms with van der Waals surface area (Å²) in [6.45, 7) is -0.205. The Bertz CT molecular complexity index is 525. The van der Waals surface area contributed by atoms with E-state index < -0.39 is 12.2 Å². The lowest BCUT2D eigenvalue weighted by Crippen LogP contribution is -2.57. The van der Waals surface area contributed by atoms with Gasteiger partial charge in [-0.2, -0.15) is 8.78 Å². The number of rotatable bonds is 5. The number of nitrogens with two attached hydrogens (primary N) is 1. The predicted molar refractivity (Wildman–Crippen MR) is 83.9 cm³/mol. The van der Waals surface area contributed by atoms with E-state index in [0.717, 1.165) is 0 Å². The minimum absolute atomic E-state index is 0. The highest BCUT2D eigenvalue weighted by Crippen LogP contribution is 2.23. The Morgan fingerprint density at radius 1 is 1.39 bits per heavy atom. The summed E-state index contributed by atoms with van der Waals surface area (Å²) in [5.41, 5.74) is 5.84. The fourth-order valence-corrected chi connectivity index (χ4v) is 2.35. The molecule has 0 spiro atoms. The molecule has 2 rings (SSSR count). The van der Waals surface area contributed by atoms with Crippen molar-refractivity contribution < 1.29 is 23.0 Å². The normalized spacial score (nSPS) is 18.0. The maximum absolute atomic E-state index is 12.3. The van der Waals surface area contributed by atoms with Gasteiger partial charge >= 0.3 is 6.61 Å². The standard InChI is InChI=1S/C15H20F2N2O3.ClH/c1-10(11-3-2-4-12(9-11)22-14(16)17)19-13(20)15(18)5-7-21-8-6-15;/h2-4,9-10,14H,5-8,18H2,1H3,(H,19,20);1H. The number of alkyl halides is 2. The van der Waals surface area contributed by atoms with E-state index in [4.69, 9.17) is 10.5 Å². The van der Waals surface area contributed by atoms with Crippen LogP contribution in [-0.2, 0) is 9.53 Å². The summed E-state index contributed by atoms with van der Waals surface area (Å²) in [5.74, 6) is -0.203. The quantitative estimate of drug-likeness (QED) is 0.855. The molecule has 1 unspecified atom stereocenters. The molecule has 1 amide bonds. The highest BCUT2D eigenvalue weighted by molar-refractivity contribution is 5.86. The molecule has 1 aliphatic heterocycles. The van der Waals surface area contributed by atoms with Crippen molar-refractivity contribution in [1.82, 2.24) is 5.32 Å². The van der Waals surface area contributed by atoms with Crippen LogP contribution in [0.15, 0.2) is 24.3 Å². The monoisotopic (exact) mass is 350 g/mol. The number of benzene rings is 1. The van der Waals surface area contributed by atoms with Gasteiger partial charge in [-0.05, 0) is 37.5 Å². The number of halogens is 3. The third kappa shape index (κ3) is 5.30. The van der Waals surface area contributed by atoms with Gasteiger partial charge in [-0.1, -0.05) is 12.1 Å². The van der Waals surface area contributed by atoms with Crippen molar-refractivity contribution in [2.45, 2.75) is 38.0 Å². The van der Waals surface area contributed by atoms with Crippen molar-refractivity contribution in [3.8, 4) is 5.75 Å². The van der Waals surface area contributed by atoms with Gasteiger partial charge < -0.3 is 20.5 Å². The molecular formula is C15H21ClF2N2O3. The third-order valence-corrected chi connectivity index (χ3v) is 3.77. The van der Waals surface area contributed by atoms with E-state index >= 15 is 0 Å². The largest absolute Gasteiger partial charge is 0.435 e. The minimum atomic E-state index is -2.88. The molecule has 1 aliphatic rings. The van der Waals surface area contributed by atoms with Crippen molar-refractivity contribution in [2.24, 2.45) is 5.73 Å². The third-order valence-electron chi connectivity index (χ3n) is 3.77. The Balaban J connectivity index is 0.00000264. The Kier molecular flexibility index (Phi) is 7.18. The first-order valence-corrected chi connectivity index (χ1v) is 7.13. The number of nitrogens with one attached hydrogen (secondary N) is 1. The van der Waals surface area contributed by atoms with Gasteiger partial charge in [0, 0.05) is 13.2 Å². The molecule has 1 fully saturated rings. The first-order chi connectivity index (χ1) is 10.4. The lowest BCUT2D eigenvalue weighted by molar-refractivity contribution is -0.130. The Labute approximate surface area is 139 Å². The molecule has 1 aromatic rings. The fraction of sp³-hybridized carbons (Fsp3) is 0.533.